The van der Waals surface area contributed by atoms with Crippen LogP contribution in [0, 0.1) is 19.3 Å². The third-order valence-corrected chi connectivity index (χ3v) is 5.62. The maximum Gasteiger partial charge on any atom is 0.303 e. The van der Waals surface area contributed by atoms with Crippen molar-refractivity contribution < 1.29 is 17.9 Å². The SMILES string of the molecule is C#C[C@H](OC(C)=O)[C@@H]1CCCN1S(=O)(=O)c1ccc(C)cc1. The van der Waals surface area contributed by atoms with Gasteiger partial charge in [-0.2, -0.15) is 4.31 Å². The van der Waals surface area contributed by atoms with Gasteiger partial charge in [0, 0.05) is 13.5 Å². The lowest BCUT2D eigenvalue weighted by Crippen LogP contribution is -2.43. The molecule has 1 heterocycles. The van der Waals surface area contributed by atoms with Crippen LogP contribution in [-0.4, -0.2) is 37.4 Å². The van der Waals surface area contributed by atoms with Crippen LogP contribution in [0.4, 0.5) is 0 Å². The summed E-state index contributed by atoms with van der Waals surface area (Å²) in [5.41, 5.74) is 0.985. The van der Waals surface area contributed by atoms with Gasteiger partial charge in [0.15, 0.2) is 6.10 Å². The Labute approximate surface area is 131 Å². The summed E-state index contributed by atoms with van der Waals surface area (Å²) in [5, 5.41) is 0. The molecule has 0 N–H and O–H groups in total. The quantitative estimate of drug-likeness (QED) is 0.626. The van der Waals surface area contributed by atoms with Crippen molar-refractivity contribution in [2.24, 2.45) is 0 Å². The number of carbonyl (C=O) groups excluding carboxylic acids is 1. The zero-order chi connectivity index (χ0) is 16.3. The van der Waals surface area contributed by atoms with Crippen molar-refractivity contribution in [3.63, 3.8) is 0 Å². The second-order valence-electron chi connectivity index (χ2n) is 5.34. The fourth-order valence-corrected chi connectivity index (χ4v) is 4.31. The molecule has 1 fully saturated rings. The Kier molecular flexibility index (Phi) is 4.89. The number of benzene rings is 1. The van der Waals surface area contributed by atoms with Crippen molar-refractivity contribution in [2.75, 3.05) is 6.54 Å². The van der Waals surface area contributed by atoms with Crippen LogP contribution in [0.15, 0.2) is 29.2 Å². The first-order chi connectivity index (χ1) is 10.4. The zero-order valence-electron chi connectivity index (χ0n) is 12.7. The number of sulfonamides is 1. The molecule has 1 saturated heterocycles. The molecule has 1 aliphatic rings. The summed E-state index contributed by atoms with van der Waals surface area (Å²) < 4.78 is 32.0. The van der Waals surface area contributed by atoms with Gasteiger partial charge in [-0.3, -0.25) is 4.79 Å². The first-order valence-electron chi connectivity index (χ1n) is 7.08. The lowest BCUT2D eigenvalue weighted by molar-refractivity contribution is -0.145. The van der Waals surface area contributed by atoms with Crippen molar-refractivity contribution >= 4 is 16.0 Å². The Morgan fingerprint density at radius 2 is 2.05 bits per heavy atom. The second-order valence-corrected chi connectivity index (χ2v) is 7.23. The van der Waals surface area contributed by atoms with E-state index >= 15 is 0 Å². The molecule has 2 rings (SSSR count). The number of terminal acetylenes is 1. The van der Waals surface area contributed by atoms with Gasteiger partial charge < -0.3 is 4.74 Å². The minimum Gasteiger partial charge on any atom is -0.448 e. The predicted molar refractivity (Wildman–Crippen MR) is 82.5 cm³/mol. The highest BCUT2D eigenvalue weighted by Gasteiger charge is 2.40. The number of hydrogen-bond donors (Lipinski definition) is 0. The Morgan fingerprint density at radius 1 is 1.41 bits per heavy atom. The van der Waals surface area contributed by atoms with Gasteiger partial charge in [-0.25, -0.2) is 8.42 Å². The molecule has 6 heteroatoms. The first kappa shape index (κ1) is 16.5. The minimum atomic E-state index is -3.65. The molecule has 5 nitrogen and oxygen atoms in total. The van der Waals surface area contributed by atoms with Gasteiger partial charge in [-0.1, -0.05) is 23.6 Å². The Morgan fingerprint density at radius 3 is 2.59 bits per heavy atom. The van der Waals surface area contributed by atoms with Gasteiger partial charge >= 0.3 is 5.97 Å². The van der Waals surface area contributed by atoms with E-state index in [1.54, 1.807) is 24.3 Å². The molecule has 0 bridgehead atoms. The van der Waals surface area contributed by atoms with E-state index in [0.29, 0.717) is 19.4 Å². The summed E-state index contributed by atoms with van der Waals surface area (Å²) in [6.45, 7) is 3.53. The average Bonchev–Trinajstić information content (AvgIpc) is 2.95. The van der Waals surface area contributed by atoms with Gasteiger partial charge in [0.25, 0.3) is 0 Å². The summed E-state index contributed by atoms with van der Waals surface area (Å²) >= 11 is 0. The lowest BCUT2D eigenvalue weighted by Gasteiger charge is -2.27. The van der Waals surface area contributed by atoms with Crippen LogP contribution in [-0.2, 0) is 19.6 Å². The zero-order valence-corrected chi connectivity index (χ0v) is 13.5. The molecule has 2 atom stereocenters. The molecule has 0 unspecified atom stereocenters. The normalized spacial score (nSPS) is 20.3. The van der Waals surface area contributed by atoms with E-state index in [4.69, 9.17) is 11.2 Å². The lowest BCUT2D eigenvalue weighted by atomic mass is 10.1. The van der Waals surface area contributed by atoms with E-state index in [1.165, 1.54) is 11.2 Å². The van der Waals surface area contributed by atoms with Crippen molar-refractivity contribution in [2.45, 2.75) is 43.7 Å². The topological polar surface area (TPSA) is 63.7 Å². The Hall–Kier alpha value is -1.84. The summed E-state index contributed by atoms with van der Waals surface area (Å²) in [6, 6.07) is 6.15. The van der Waals surface area contributed by atoms with Gasteiger partial charge in [0.1, 0.15) is 0 Å². The summed E-state index contributed by atoms with van der Waals surface area (Å²) in [7, 11) is -3.65. The van der Waals surface area contributed by atoms with Crippen LogP contribution >= 0.6 is 0 Å². The second kappa shape index (κ2) is 6.51. The molecular weight excluding hydrogens is 302 g/mol. The number of rotatable bonds is 4. The van der Waals surface area contributed by atoms with Gasteiger partial charge in [0.05, 0.1) is 10.9 Å². The highest BCUT2D eigenvalue weighted by molar-refractivity contribution is 7.89. The van der Waals surface area contributed by atoms with Gasteiger partial charge in [-0.15, -0.1) is 6.42 Å². The summed E-state index contributed by atoms with van der Waals surface area (Å²) in [6.07, 6.45) is 5.82. The monoisotopic (exact) mass is 321 g/mol. The molecule has 22 heavy (non-hydrogen) atoms. The van der Waals surface area contributed by atoms with E-state index in [0.717, 1.165) is 5.56 Å². The van der Waals surface area contributed by atoms with Crippen LogP contribution in [0.1, 0.15) is 25.3 Å². The number of aryl methyl sites for hydroxylation is 1. The first-order valence-corrected chi connectivity index (χ1v) is 8.52. The fraction of sp³-hybridized carbons (Fsp3) is 0.438. The fourth-order valence-electron chi connectivity index (χ4n) is 2.61. The smallest absolute Gasteiger partial charge is 0.303 e. The molecule has 0 radical (unpaired) electrons. The van der Waals surface area contributed by atoms with E-state index in [9.17, 15) is 13.2 Å². The molecular formula is C16H19NO4S. The van der Waals surface area contributed by atoms with Crippen LogP contribution in [0.2, 0.25) is 0 Å². The Bertz CT molecular complexity index is 688. The molecule has 1 aliphatic heterocycles. The summed E-state index contributed by atoms with van der Waals surface area (Å²) in [5.74, 6) is 1.88. The van der Waals surface area contributed by atoms with Crippen molar-refractivity contribution in [3.05, 3.63) is 29.8 Å². The van der Waals surface area contributed by atoms with E-state index in [1.807, 2.05) is 6.92 Å². The van der Waals surface area contributed by atoms with E-state index in [-0.39, 0.29) is 4.90 Å². The highest BCUT2D eigenvalue weighted by atomic mass is 32.2. The van der Waals surface area contributed by atoms with E-state index < -0.39 is 28.1 Å². The molecule has 118 valence electrons. The number of ether oxygens (including phenoxy) is 1. The third-order valence-electron chi connectivity index (χ3n) is 3.68. The minimum absolute atomic E-state index is 0.226. The molecule has 0 aromatic heterocycles. The molecule has 0 amide bonds. The number of carbonyl (C=O) groups is 1. The van der Waals surface area contributed by atoms with Gasteiger partial charge in [0.2, 0.25) is 10.0 Å². The maximum atomic E-state index is 12.8. The predicted octanol–water partition coefficient (Wildman–Crippen LogP) is 1.71. The standard InChI is InChI=1S/C16H19NO4S/c1-4-16(21-13(3)18)15-6-5-11-17(15)22(19,20)14-9-7-12(2)8-10-14/h1,7-10,15-16H,5-6,11H2,2-3H3/t15-,16-/m0/s1. The van der Waals surface area contributed by atoms with E-state index in [2.05, 4.69) is 5.92 Å². The van der Waals surface area contributed by atoms with Crippen molar-refractivity contribution in [3.8, 4) is 12.3 Å². The number of hydrogen-bond acceptors (Lipinski definition) is 4. The summed E-state index contributed by atoms with van der Waals surface area (Å²) in [4.78, 5) is 11.4. The van der Waals surface area contributed by atoms with Crippen LogP contribution in [0.25, 0.3) is 0 Å². The molecule has 0 spiro atoms. The molecule has 1 aromatic carbocycles. The van der Waals surface area contributed by atoms with Crippen molar-refractivity contribution in [1.82, 2.24) is 4.31 Å². The van der Waals surface area contributed by atoms with Crippen LogP contribution < -0.4 is 0 Å². The molecule has 0 saturated carbocycles. The third kappa shape index (κ3) is 3.32. The van der Waals surface area contributed by atoms with Crippen molar-refractivity contribution in [1.29, 1.82) is 0 Å². The van der Waals surface area contributed by atoms with Crippen LogP contribution in [0.3, 0.4) is 0 Å². The van der Waals surface area contributed by atoms with Gasteiger partial charge in [-0.05, 0) is 31.9 Å². The average molecular weight is 321 g/mol. The Balaban J connectivity index is 2.31. The number of esters is 1. The molecule has 0 aliphatic carbocycles. The largest absolute Gasteiger partial charge is 0.448 e. The van der Waals surface area contributed by atoms with Crippen LogP contribution in [0.5, 0.6) is 0 Å². The number of nitrogens with zero attached hydrogens (tertiary/aromatic N) is 1. The highest BCUT2D eigenvalue weighted by Crippen LogP contribution is 2.29. The molecule has 1 aromatic rings. The maximum absolute atomic E-state index is 12.8.